The highest BCUT2D eigenvalue weighted by atomic mass is 35.5. The molecule has 5 aromatic rings. The number of nitrogens with zero attached hydrogens (tertiary/aromatic N) is 3. The lowest BCUT2D eigenvalue weighted by Crippen LogP contribution is -2.28. The van der Waals surface area contributed by atoms with E-state index in [0.29, 0.717) is 33.8 Å². The highest BCUT2D eigenvalue weighted by molar-refractivity contribution is 7.98. The molecule has 2 aromatic heterocycles. The standard InChI is InChI=1S/C30H22Cl2F3N5O2S/c31-22-11-6-12-36-27(22)40-23(16-24(39-40)30(33,34)35)29(42)38-26-21(15-19-9-4-5-10-20(19)25(26)32)28(41)37-13-14-43-17-18-7-2-1-3-8-18/h1-12,15-16H,13-14,17H2,(H,37,41)(H,38,42). The fraction of sp³-hybridized carbons (Fsp3) is 0.133. The maximum Gasteiger partial charge on any atom is 0.435 e. The summed E-state index contributed by atoms with van der Waals surface area (Å²) in [5, 5.41) is 10.1. The number of aromatic nitrogens is 3. The zero-order chi connectivity index (χ0) is 30.6. The summed E-state index contributed by atoms with van der Waals surface area (Å²) < 4.78 is 41.6. The third kappa shape index (κ3) is 6.96. The molecule has 0 saturated carbocycles. The van der Waals surface area contributed by atoms with Crippen LogP contribution in [0.1, 0.15) is 32.1 Å². The molecular weight excluding hydrogens is 622 g/mol. The summed E-state index contributed by atoms with van der Waals surface area (Å²) in [6, 6.07) is 21.9. The van der Waals surface area contributed by atoms with Crippen LogP contribution in [0.4, 0.5) is 18.9 Å². The SMILES string of the molecule is O=C(NCCSCc1ccccc1)c1cc2ccccc2c(Cl)c1NC(=O)c1cc(C(F)(F)F)nn1-c1ncccc1Cl. The molecular formula is C30H22Cl2F3N5O2S. The van der Waals surface area contributed by atoms with Crippen molar-refractivity contribution in [2.24, 2.45) is 0 Å². The van der Waals surface area contributed by atoms with E-state index in [2.05, 4.69) is 20.7 Å². The summed E-state index contributed by atoms with van der Waals surface area (Å²) in [6.07, 6.45) is -3.55. The second kappa shape index (κ2) is 13.1. The monoisotopic (exact) mass is 643 g/mol. The molecule has 0 bridgehead atoms. The van der Waals surface area contributed by atoms with Crippen LogP contribution in [0.5, 0.6) is 0 Å². The molecule has 0 atom stereocenters. The second-order valence-electron chi connectivity index (χ2n) is 9.22. The first-order valence-corrected chi connectivity index (χ1v) is 14.7. The molecule has 5 rings (SSSR count). The van der Waals surface area contributed by atoms with Gasteiger partial charge in [0.1, 0.15) is 5.69 Å². The van der Waals surface area contributed by atoms with Crippen molar-refractivity contribution < 1.29 is 22.8 Å². The number of amides is 2. The topological polar surface area (TPSA) is 88.9 Å². The quantitative estimate of drug-likeness (QED) is 0.161. The van der Waals surface area contributed by atoms with Crippen molar-refractivity contribution in [1.82, 2.24) is 20.1 Å². The molecule has 220 valence electrons. The predicted octanol–water partition coefficient (Wildman–Crippen LogP) is 7.66. The summed E-state index contributed by atoms with van der Waals surface area (Å²) in [4.78, 5) is 30.9. The smallest absolute Gasteiger partial charge is 0.351 e. The van der Waals surface area contributed by atoms with Gasteiger partial charge in [-0.05, 0) is 29.1 Å². The largest absolute Gasteiger partial charge is 0.435 e. The van der Waals surface area contributed by atoms with Gasteiger partial charge in [-0.25, -0.2) is 9.67 Å². The number of nitrogens with one attached hydrogen (secondary N) is 2. The summed E-state index contributed by atoms with van der Waals surface area (Å²) in [5.41, 5.74) is -0.697. The van der Waals surface area contributed by atoms with Gasteiger partial charge in [-0.2, -0.15) is 30.0 Å². The van der Waals surface area contributed by atoms with Crippen LogP contribution in [-0.4, -0.2) is 38.9 Å². The average Bonchev–Trinajstić information content (AvgIpc) is 3.45. The van der Waals surface area contributed by atoms with Crippen molar-refractivity contribution in [3.8, 4) is 5.82 Å². The summed E-state index contributed by atoms with van der Waals surface area (Å²) >= 11 is 14.5. The number of halogens is 5. The Morgan fingerprint density at radius 3 is 2.42 bits per heavy atom. The Bertz CT molecular complexity index is 1800. The molecule has 2 heterocycles. The van der Waals surface area contributed by atoms with Crippen LogP contribution in [0.15, 0.2) is 85.1 Å². The van der Waals surface area contributed by atoms with Gasteiger partial charge in [0.2, 0.25) is 0 Å². The summed E-state index contributed by atoms with van der Waals surface area (Å²) in [5.74, 6) is -0.308. The number of fused-ring (bicyclic) bond motifs is 1. The number of thioether (sulfide) groups is 1. The van der Waals surface area contributed by atoms with Crippen LogP contribution in [0.25, 0.3) is 16.6 Å². The maximum absolute atomic E-state index is 13.6. The lowest BCUT2D eigenvalue weighted by Gasteiger charge is -2.16. The van der Waals surface area contributed by atoms with Gasteiger partial charge in [0, 0.05) is 35.7 Å². The van der Waals surface area contributed by atoms with Crippen LogP contribution >= 0.6 is 35.0 Å². The van der Waals surface area contributed by atoms with Crippen LogP contribution in [0, 0.1) is 0 Å². The van der Waals surface area contributed by atoms with Crippen molar-refractivity contribution in [2.45, 2.75) is 11.9 Å². The maximum atomic E-state index is 13.6. The van der Waals surface area contributed by atoms with Gasteiger partial charge in [0.05, 0.1) is 21.3 Å². The first-order valence-electron chi connectivity index (χ1n) is 12.8. The van der Waals surface area contributed by atoms with Gasteiger partial charge in [0.25, 0.3) is 11.8 Å². The normalized spacial score (nSPS) is 11.5. The molecule has 2 N–H and O–H groups in total. The lowest BCUT2D eigenvalue weighted by molar-refractivity contribution is -0.141. The zero-order valence-corrected chi connectivity index (χ0v) is 24.5. The van der Waals surface area contributed by atoms with Gasteiger partial charge >= 0.3 is 6.18 Å². The highest BCUT2D eigenvalue weighted by Gasteiger charge is 2.37. The van der Waals surface area contributed by atoms with Crippen molar-refractivity contribution in [1.29, 1.82) is 0 Å². The number of anilines is 1. The van der Waals surface area contributed by atoms with E-state index in [1.807, 2.05) is 30.3 Å². The molecule has 0 unspecified atom stereocenters. The van der Waals surface area contributed by atoms with Gasteiger partial charge in [-0.3, -0.25) is 9.59 Å². The van der Waals surface area contributed by atoms with Crippen LogP contribution in [0.2, 0.25) is 10.0 Å². The van der Waals surface area contributed by atoms with E-state index in [1.165, 1.54) is 18.3 Å². The number of alkyl halides is 3. The van der Waals surface area contributed by atoms with E-state index in [0.717, 1.165) is 11.3 Å². The third-order valence-electron chi connectivity index (χ3n) is 6.28. The summed E-state index contributed by atoms with van der Waals surface area (Å²) in [7, 11) is 0. The number of rotatable bonds is 9. The molecule has 0 spiro atoms. The van der Waals surface area contributed by atoms with Crippen molar-refractivity contribution in [3.63, 3.8) is 0 Å². The van der Waals surface area contributed by atoms with Crippen molar-refractivity contribution in [2.75, 3.05) is 17.6 Å². The lowest BCUT2D eigenvalue weighted by atomic mass is 10.0. The molecule has 43 heavy (non-hydrogen) atoms. The van der Waals surface area contributed by atoms with E-state index in [1.54, 1.807) is 42.1 Å². The number of hydrogen-bond acceptors (Lipinski definition) is 5. The number of carbonyl (C=O) groups excluding carboxylic acids is 2. The number of hydrogen-bond donors (Lipinski definition) is 2. The predicted molar refractivity (Wildman–Crippen MR) is 163 cm³/mol. The molecule has 13 heteroatoms. The minimum absolute atomic E-state index is 0.0256. The van der Waals surface area contributed by atoms with Crippen LogP contribution < -0.4 is 10.6 Å². The Balaban J connectivity index is 1.44. The second-order valence-corrected chi connectivity index (χ2v) is 11.1. The van der Waals surface area contributed by atoms with Crippen LogP contribution in [0.3, 0.4) is 0 Å². The first kappa shape index (κ1) is 30.4. The fourth-order valence-electron chi connectivity index (χ4n) is 4.25. The first-order chi connectivity index (χ1) is 20.6. The van der Waals surface area contributed by atoms with Crippen molar-refractivity contribution in [3.05, 3.63) is 118 Å². The Morgan fingerprint density at radius 1 is 0.930 bits per heavy atom. The molecule has 0 aliphatic heterocycles. The average molecular weight is 645 g/mol. The molecule has 0 aliphatic rings. The van der Waals surface area contributed by atoms with E-state index < -0.39 is 29.4 Å². The molecule has 2 amide bonds. The molecule has 0 saturated heterocycles. The summed E-state index contributed by atoms with van der Waals surface area (Å²) in [6.45, 7) is 0.327. The van der Waals surface area contributed by atoms with Gasteiger partial charge in [-0.15, -0.1) is 0 Å². The minimum atomic E-state index is -4.86. The Labute approximate surface area is 258 Å². The van der Waals surface area contributed by atoms with Gasteiger partial charge < -0.3 is 10.6 Å². The molecule has 0 fully saturated rings. The molecule has 7 nitrogen and oxygen atoms in total. The van der Waals surface area contributed by atoms with E-state index >= 15 is 0 Å². The Kier molecular flexibility index (Phi) is 9.24. The third-order valence-corrected chi connectivity index (χ3v) is 8.00. The molecule has 0 aliphatic carbocycles. The van der Waals surface area contributed by atoms with E-state index in [9.17, 15) is 22.8 Å². The van der Waals surface area contributed by atoms with E-state index in [4.69, 9.17) is 23.2 Å². The number of benzene rings is 3. The Morgan fingerprint density at radius 2 is 1.67 bits per heavy atom. The van der Waals surface area contributed by atoms with Crippen molar-refractivity contribution >= 4 is 63.2 Å². The Hall–Kier alpha value is -4.06. The fourth-order valence-corrected chi connectivity index (χ4v) is 5.60. The van der Waals surface area contributed by atoms with Crippen LogP contribution in [-0.2, 0) is 11.9 Å². The van der Waals surface area contributed by atoms with Gasteiger partial charge in [0.15, 0.2) is 11.5 Å². The zero-order valence-electron chi connectivity index (χ0n) is 22.2. The highest BCUT2D eigenvalue weighted by Crippen LogP contribution is 2.36. The molecule has 0 radical (unpaired) electrons. The minimum Gasteiger partial charge on any atom is -0.351 e. The number of carbonyl (C=O) groups is 2. The van der Waals surface area contributed by atoms with Gasteiger partial charge in [-0.1, -0.05) is 77.8 Å². The van der Waals surface area contributed by atoms with E-state index in [-0.39, 0.29) is 27.1 Å². The number of pyridine rings is 1. The molecule has 3 aromatic carbocycles.